The second-order valence-corrected chi connectivity index (χ2v) is 6.56. The SMILES string of the molecule is CC(C)C[C@@H](CO)N(C)c1cccc(-c2ccnc3[nH]ccc23)n1. The van der Waals surface area contributed by atoms with Crippen molar-refractivity contribution in [2.75, 3.05) is 18.6 Å². The minimum Gasteiger partial charge on any atom is -0.394 e. The first kappa shape index (κ1) is 16.5. The lowest BCUT2D eigenvalue weighted by atomic mass is 10.0. The molecule has 0 saturated carbocycles. The maximum absolute atomic E-state index is 9.72. The zero-order chi connectivity index (χ0) is 17.1. The molecule has 0 unspecified atom stereocenters. The van der Waals surface area contributed by atoms with Gasteiger partial charge in [-0.1, -0.05) is 19.9 Å². The predicted octanol–water partition coefficient (Wildman–Crippen LogP) is 3.47. The van der Waals surface area contributed by atoms with Gasteiger partial charge in [-0.05, 0) is 36.6 Å². The molecule has 3 rings (SSSR count). The van der Waals surface area contributed by atoms with Crippen LogP contribution in [0.5, 0.6) is 0 Å². The smallest absolute Gasteiger partial charge is 0.137 e. The van der Waals surface area contributed by atoms with Crippen molar-refractivity contribution in [2.45, 2.75) is 26.3 Å². The average molecular weight is 324 g/mol. The van der Waals surface area contributed by atoms with Crippen molar-refractivity contribution in [3.8, 4) is 11.3 Å². The number of aromatic amines is 1. The molecule has 0 aliphatic carbocycles. The highest BCUT2D eigenvalue weighted by atomic mass is 16.3. The van der Waals surface area contributed by atoms with Crippen LogP contribution in [-0.4, -0.2) is 39.8 Å². The lowest BCUT2D eigenvalue weighted by molar-refractivity contribution is 0.245. The van der Waals surface area contributed by atoms with Crippen molar-refractivity contribution in [3.63, 3.8) is 0 Å². The summed E-state index contributed by atoms with van der Waals surface area (Å²) < 4.78 is 0. The van der Waals surface area contributed by atoms with Crippen LogP contribution in [0.15, 0.2) is 42.7 Å². The number of aromatic nitrogens is 3. The van der Waals surface area contributed by atoms with E-state index in [9.17, 15) is 5.11 Å². The van der Waals surface area contributed by atoms with Gasteiger partial charge in [0.15, 0.2) is 0 Å². The quantitative estimate of drug-likeness (QED) is 0.729. The normalized spacial score (nSPS) is 12.7. The van der Waals surface area contributed by atoms with Gasteiger partial charge in [0.1, 0.15) is 11.5 Å². The number of nitrogens with zero attached hydrogens (tertiary/aromatic N) is 3. The summed E-state index contributed by atoms with van der Waals surface area (Å²) in [4.78, 5) is 14.4. The molecule has 1 atom stereocenters. The Kier molecular flexibility index (Phi) is 4.81. The number of aliphatic hydroxyl groups excluding tert-OH is 1. The van der Waals surface area contributed by atoms with Crippen LogP contribution in [0.1, 0.15) is 20.3 Å². The first-order valence-electron chi connectivity index (χ1n) is 8.33. The van der Waals surface area contributed by atoms with E-state index in [-0.39, 0.29) is 12.6 Å². The monoisotopic (exact) mass is 324 g/mol. The van der Waals surface area contributed by atoms with Crippen molar-refractivity contribution in [3.05, 3.63) is 42.7 Å². The second kappa shape index (κ2) is 7.01. The molecule has 0 spiro atoms. The van der Waals surface area contributed by atoms with Gasteiger partial charge >= 0.3 is 0 Å². The third kappa shape index (κ3) is 3.26. The minimum atomic E-state index is 0.0671. The Morgan fingerprint density at radius 3 is 2.79 bits per heavy atom. The lowest BCUT2D eigenvalue weighted by Crippen LogP contribution is -2.36. The summed E-state index contributed by atoms with van der Waals surface area (Å²) in [6, 6.07) is 10.1. The summed E-state index contributed by atoms with van der Waals surface area (Å²) >= 11 is 0. The van der Waals surface area contributed by atoms with E-state index in [4.69, 9.17) is 4.98 Å². The predicted molar refractivity (Wildman–Crippen MR) is 98.1 cm³/mol. The Morgan fingerprint density at radius 2 is 2.04 bits per heavy atom. The van der Waals surface area contributed by atoms with E-state index in [2.05, 4.69) is 28.7 Å². The molecule has 5 heteroatoms. The molecule has 0 amide bonds. The number of H-pyrrole nitrogens is 1. The Labute approximate surface area is 142 Å². The van der Waals surface area contributed by atoms with Crippen LogP contribution in [0, 0.1) is 5.92 Å². The molecule has 2 N–H and O–H groups in total. The van der Waals surface area contributed by atoms with E-state index in [1.165, 1.54) is 0 Å². The fourth-order valence-corrected chi connectivity index (χ4v) is 3.04. The van der Waals surface area contributed by atoms with Crippen molar-refractivity contribution in [1.82, 2.24) is 15.0 Å². The number of hydrogen-bond donors (Lipinski definition) is 2. The molecule has 3 aromatic heterocycles. The molecular formula is C19H24N4O. The van der Waals surface area contributed by atoms with Crippen LogP contribution in [0.2, 0.25) is 0 Å². The highest BCUT2D eigenvalue weighted by molar-refractivity contribution is 5.91. The van der Waals surface area contributed by atoms with Crippen molar-refractivity contribution < 1.29 is 5.11 Å². The van der Waals surface area contributed by atoms with E-state index in [0.29, 0.717) is 5.92 Å². The standard InChI is InChI=1S/C19H24N4O/c1-13(2)11-14(12-24)23(3)18-6-4-5-17(22-18)15-7-9-20-19-16(15)8-10-21-19/h4-10,13-14,24H,11-12H2,1-3H3,(H,20,21)/t14-/m0/s1. The van der Waals surface area contributed by atoms with Gasteiger partial charge in [-0.3, -0.25) is 0 Å². The molecule has 5 nitrogen and oxygen atoms in total. The zero-order valence-electron chi connectivity index (χ0n) is 14.4. The molecule has 3 heterocycles. The van der Waals surface area contributed by atoms with Gasteiger partial charge in [0.25, 0.3) is 0 Å². The number of likely N-dealkylation sites (N-methyl/N-ethyl adjacent to an activating group) is 1. The van der Waals surface area contributed by atoms with Crippen molar-refractivity contribution in [2.24, 2.45) is 5.92 Å². The molecule has 126 valence electrons. The van der Waals surface area contributed by atoms with Crippen LogP contribution >= 0.6 is 0 Å². The summed E-state index contributed by atoms with van der Waals surface area (Å²) in [7, 11) is 1.99. The third-order valence-corrected chi connectivity index (χ3v) is 4.33. The highest BCUT2D eigenvalue weighted by Crippen LogP contribution is 2.27. The van der Waals surface area contributed by atoms with Crippen LogP contribution in [0.25, 0.3) is 22.3 Å². The topological polar surface area (TPSA) is 65.0 Å². The Bertz CT molecular complexity index is 812. The minimum absolute atomic E-state index is 0.0671. The number of anilines is 1. The molecular weight excluding hydrogens is 300 g/mol. The fraction of sp³-hybridized carbons (Fsp3) is 0.368. The van der Waals surface area contributed by atoms with Crippen molar-refractivity contribution in [1.29, 1.82) is 0 Å². The molecule has 24 heavy (non-hydrogen) atoms. The summed E-state index contributed by atoms with van der Waals surface area (Å²) in [6.07, 6.45) is 4.61. The number of hydrogen-bond acceptors (Lipinski definition) is 4. The van der Waals surface area contributed by atoms with Gasteiger partial charge in [0.2, 0.25) is 0 Å². The third-order valence-electron chi connectivity index (χ3n) is 4.33. The van der Waals surface area contributed by atoms with Crippen LogP contribution < -0.4 is 4.90 Å². The molecule has 0 aliphatic heterocycles. The largest absolute Gasteiger partial charge is 0.394 e. The summed E-state index contributed by atoms with van der Waals surface area (Å²) in [5.41, 5.74) is 2.83. The van der Waals surface area contributed by atoms with Crippen LogP contribution in [-0.2, 0) is 0 Å². The fourth-order valence-electron chi connectivity index (χ4n) is 3.04. The van der Waals surface area contributed by atoms with Crippen LogP contribution in [0.4, 0.5) is 5.82 Å². The number of pyridine rings is 2. The number of nitrogens with one attached hydrogen (secondary N) is 1. The number of rotatable bonds is 6. The van der Waals surface area contributed by atoms with E-state index in [1.807, 2.05) is 43.6 Å². The molecule has 0 saturated heterocycles. The lowest BCUT2D eigenvalue weighted by Gasteiger charge is -2.29. The first-order chi connectivity index (χ1) is 11.6. The summed E-state index contributed by atoms with van der Waals surface area (Å²) in [6.45, 7) is 4.46. The van der Waals surface area contributed by atoms with Gasteiger partial charge in [0, 0.05) is 30.4 Å². The van der Waals surface area contributed by atoms with E-state index >= 15 is 0 Å². The maximum atomic E-state index is 9.72. The summed E-state index contributed by atoms with van der Waals surface area (Å²) in [5.74, 6) is 1.39. The Morgan fingerprint density at radius 1 is 1.21 bits per heavy atom. The maximum Gasteiger partial charge on any atom is 0.137 e. The van der Waals surface area contributed by atoms with E-state index in [1.54, 1.807) is 6.20 Å². The molecule has 0 fully saturated rings. The molecule has 0 radical (unpaired) electrons. The van der Waals surface area contributed by atoms with Crippen molar-refractivity contribution >= 4 is 16.9 Å². The number of aliphatic hydroxyl groups is 1. The van der Waals surface area contributed by atoms with Gasteiger partial charge in [-0.25, -0.2) is 9.97 Å². The number of fused-ring (bicyclic) bond motifs is 1. The molecule has 0 aliphatic rings. The molecule has 0 aromatic carbocycles. The zero-order valence-corrected chi connectivity index (χ0v) is 14.4. The highest BCUT2D eigenvalue weighted by Gasteiger charge is 2.17. The Hall–Kier alpha value is -2.40. The van der Waals surface area contributed by atoms with Gasteiger partial charge < -0.3 is 15.0 Å². The first-order valence-corrected chi connectivity index (χ1v) is 8.33. The second-order valence-electron chi connectivity index (χ2n) is 6.56. The van der Waals surface area contributed by atoms with Crippen LogP contribution in [0.3, 0.4) is 0 Å². The summed E-state index contributed by atoms with van der Waals surface area (Å²) in [5, 5.41) is 10.8. The Balaban J connectivity index is 1.96. The van der Waals surface area contributed by atoms with Gasteiger partial charge in [0.05, 0.1) is 18.3 Å². The average Bonchev–Trinajstić information content (AvgIpc) is 3.07. The molecule has 0 bridgehead atoms. The van der Waals surface area contributed by atoms with E-state index < -0.39 is 0 Å². The van der Waals surface area contributed by atoms with E-state index in [0.717, 1.165) is 34.5 Å². The van der Waals surface area contributed by atoms with Gasteiger partial charge in [-0.15, -0.1) is 0 Å². The molecule has 3 aromatic rings. The van der Waals surface area contributed by atoms with Gasteiger partial charge in [-0.2, -0.15) is 0 Å².